The van der Waals surface area contributed by atoms with E-state index in [0.29, 0.717) is 18.3 Å². The largest absolute Gasteiger partial charge is 0.462 e. The molecule has 8 atom stereocenters. The standard InChI is InChI=1S/C22H37NO5/c1-19(12-24)16-4-3-14-9-15-10-21(14,20(16,2)6-5-17(19)25)7-8-22(15,27)13-28-18(26)11-23/h14-17,24-25,27H,3-13,23H2,1-2H3/t14-,15-,16-,17+,19-,20+,21-,22-/m0/s1. The van der Waals surface area contributed by atoms with E-state index in [1.807, 2.05) is 0 Å². The molecule has 4 aliphatic rings. The van der Waals surface area contributed by atoms with Crippen LogP contribution in [0.5, 0.6) is 0 Å². The van der Waals surface area contributed by atoms with E-state index >= 15 is 0 Å². The third kappa shape index (κ3) is 2.57. The summed E-state index contributed by atoms with van der Waals surface area (Å²) < 4.78 is 5.25. The summed E-state index contributed by atoms with van der Waals surface area (Å²) in [5, 5.41) is 32.2. The molecule has 2 bridgehead atoms. The van der Waals surface area contributed by atoms with E-state index in [0.717, 1.165) is 44.9 Å². The van der Waals surface area contributed by atoms with Crippen LogP contribution in [0.2, 0.25) is 0 Å². The molecule has 0 aromatic rings. The molecule has 0 amide bonds. The van der Waals surface area contributed by atoms with Crippen LogP contribution in [0.3, 0.4) is 0 Å². The number of carbonyl (C=O) groups excluding carboxylic acids is 1. The van der Waals surface area contributed by atoms with Crippen molar-refractivity contribution in [1.29, 1.82) is 0 Å². The molecule has 0 heterocycles. The summed E-state index contributed by atoms with van der Waals surface area (Å²) >= 11 is 0. The minimum absolute atomic E-state index is 0.0254. The Bertz CT molecular complexity index is 642. The second-order valence-electron chi connectivity index (χ2n) is 10.7. The van der Waals surface area contributed by atoms with E-state index in [4.69, 9.17) is 10.5 Å². The normalized spacial score (nSPS) is 52.6. The zero-order chi connectivity index (χ0) is 20.4. The second kappa shape index (κ2) is 6.66. The highest BCUT2D eigenvalue weighted by molar-refractivity contribution is 5.71. The lowest BCUT2D eigenvalue weighted by molar-refractivity contribution is -0.217. The Morgan fingerprint density at radius 1 is 1.14 bits per heavy atom. The number of fused-ring (bicyclic) bond motifs is 2. The van der Waals surface area contributed by atoms with Gasteiger partial charge in [-0.2, -0.15) is 0 Å². The first-order valence-electron chi connectivity index (χ1n) is 11.0. The number of esters is 1. The Hall–Kier alpha value is -0.690. The first-order chi connectivity index (χ1) is 13.1. The zero-order valence-electron chi connectivity index (χ0n) is 17.3. The average Bonchev–Trinajstić information content (AvgIpc) is 3.04. The molecule has 1 spiro atoms. The molecular formula is C22H37NO5. The highest BCUT2D eigenvalue weighted by atomic mass is 16.5. The lowest BCUT2D eigenvalue weighted by Crippen LogP contribution is -2.63. The molecule has 0 aliphatic heterocycles. The van der Waals surface area contributed by atoms with Gasteiger partial charge in [0.2, 0.25) is 0 Å². The number of rotatable bonds is 4. The SMILES string of the molecule is C[C@@]1(CO)[C@H](O)CC[C@]2(C)[C@H]1CC[C@H]1C[C@H]3C[C@@]12CC[C@]3(O)COC(=O)CN. The van der Waals surface area contributed by atoms with Gasteiger partial charge in [-0.05, 0) is 80.0 Å². The summed E-state index contributed by atoms with van der Waals surface area (Å²) in [6.45, 7) is 4.37. The number of carbonyl (C=O) groups is 1. The average molecular weight is 396 g/mol. The molecule has 0 radical (unpaired) electrons. The maximum atomic E-state index is 11.5. The summed E-state index contributed by atoms with van der Waals surface area (Å²) in [6.07, 6.45) is 6.91. The third-order valence-electron chi connectivity index (χ3n) is 9.92. The first-order valence-corrected chi connectivity index (χ1v) is 11.0. The van der Waals surface area contributed by atoms with Gasteiger partial charge < -0.3 is 25.8 Å². The fourth-order valence-corrected chi connectivity index (χ4v) is 8.18. The van der Waals surface area contributed by atoms with E-state index in [2.05, 4.69) is 13.8 Å². The molecule has 4 saturated carbocycles. The van der Waals surface area contributed by atoms with E-state index < -0.39 is 23.1 Å². The number of ether oxygens (including phenoxy) is 1. The Labute approximate surface area is 167 Å². The maximum absolute atomic E-state index is 11.5. The smallest absolute Gasteiger partial charge is 0.319 e. The van der Waals surface area contributed by atoms with E-state index in [1.54, 1.807) is 0 Å². The lowest BCUT2D eigenvalue weighted by atomic mass is 9.39. The van der Waals surface area contributed by atoms with Crippen molar-refractivity contribution in [2.24, 2.45) is 39.7 Å². The Kier molecular flexibility index (Phi) is 4.89. The third-order valence-corrected chi connectivity index (χ3v) is 9.92. The molecule has 6 nitrogen and oxygen atoms in total. The Morgan fingerprint density at radius 3 is 2.57 bits per heavy atom. The first kappa shape index (κ1) is 20.6. The molecule has 0 aromatic heterocycles. The van der Waals surface area contributed by atoms with Gasteiger partial charge in [-0.3, -0.25) is 4.79 Å². The van der Waals surface area contributed by atoms with Crippen molar-refractivity contribution in [3.05, 3.63) is 0 Å². The van der Waals surface area contributed by atoms with Crippen LogP contribution in [0, 0.1) is 34.0 Å². The molecule has 0 unspecified atom stereocenters. The maximum Gasteiger partial charge on any atom is 0.319 e. The van der Waals surface area contributed by atoms with Gasteiger partial charge in [0.05, 0.1) is 19.3 Å². The quantitative estimate of drug-likeness (QED) is 0.538. The van der Waals surface area contributed by atoms with Crippen molar-refractivity contribution in [3.8, 4) is 0 Å². The fraction of sp³-hybridized carbons (Fsp3) is 0.955. The van der Waals surface area contributed by atoms with Gasteiger partial charge in [0, 0.05) is 5.41 Å². The van der Waals surface area contributed by atoms with Crippen LogP contribution in [0.15, 0.2) is 0 Å². The van der Waals surface area contributed by atoms with Crippen LogP contribution >= 0.6 is 0 Å². The van der Waals surface area contributed by atoms with Crippen LogP contribution in [0.25, 0.3) is 0 Å². The predicted octanol–water partition coefficient (Wildman–Crippen LogP) is 1.60. The van der Waals surface area contributed by atoms with Crippen molar-refractivity contribution in [2.75, 3.05) is 19.8 Å². The molecular weight excluding hydrogens is 358 g/mol. The van der Waals surface area contributed by atoms with Crippen molar-refractivity contribution in [1.82, 2.24) is 0 Å². The fourth-order valence-electron chi connectivity index (χ4n) is 8.18. The predicted molar refractivity (Wildman–Crippen MR) is 104 cm³/mol. The van der Waals surface area contributed by atoms with Crippen LogP contribution in [-0.4, -0.2) is 52.8 Å². The van der Waals surface area contributed by atoms with Gasteiger partial charge in [-0.1, -0.05) is 13.8 Å². The van der Waals surface area contributed by atoms with E-state index in [-0.39, 0.29) is 36.5 Å². The lowest BCUT2D eigenvalue weighted by Gasteiger charge is -2.66. The number of hydrogen-bond acceptors (Lipinski definition) is 6. The Balaban J connectivity index is 1.62. The molecule has 0 aromatic carbocycles. The van der Waals surface area contributed by atoms with E-state index in [9.17, 15) is 20.1 Å². The molecule has 28 heavy (non-hydrogen) atoms. The van der Waals surface area contributed by atoms with Crippen LogP contribution in [0.1, 0.15) is 65.2 Å². The molecule has 4 rings (SSSR count). The van der Waals surface area contributed by atoms with Crippen molar-refractivity contribution in [3.63, 3.8) is 0 Å². The molecule has 0 saturated heterocycles. The van der Waals surface area contributed by atoms with Crippen LogP contribution in [0.4, 0.5) is 0 Å². The number of nitrogens with two attached hydrogens (primary N) is 1. The summed E-state index contributed by atoms with van der Waals surface area (Å²) in [4.78, 5) is 11.5. The molecule has 4 aliphatic carbocycles. The summed E-state index contributed by atoms with van der Waals surface area (Å²) in [5.74, 6) is 0.539. The Morgan fingerprint density at radius 2 is 1.89 bits per heavy atom. The van der Waals surface area contributed by atoms with Gasteiger partial charge >= 0.3 is 5.97 Å². The topological polar surface area (TPSA) is 113 Å². The van der Waals surface area contributed by atoms with Gasteiger partial charge in [0.15, 0.2) is 0 Å². The highest BCUT2D eigenvalue weighted by Gasteiger charge is 2.70. The van der Waals surface area contributed by atoms with Gasteiger partial charge in [0.25, 0.3) is 0 Å². The monoisotopic (exact) mass is 395 g/mol. The van der Waals surface area contributed by atoms with Crippen LogP contribution < -0.4 is 5.73 Å². The van der Waals surface area contributed by atoms with Crippen molar-refractivity contribution < 1.29 is 24.9 Å². The molecule has 5 N–H and O–H groups in total. The van der Waals surface area contributed by atoms with Gasteiger partial charge in [0.1, 0.15) is 12.2 Å². The van der Waals surface area contributed by atoms with Crippen molar-refractivity contribution >= 4 is 5.97 Å². The number of aliphatic hydroxyl groups excluding tert-OH is 2. The van der Waals surface area contributed by atoms with E-state index in [1.165, 1.54) is 0 Å². The summed E-state index contributed by atoms with van der Waals surface area (Å²) in [6, 6.07) is 0. The van der Waals surface area contributed by atoms with Gasteiger partial charge in [-0.15, -0.1) is 0 Å². The van der Waals surface area contributed by atoms with Crippen LogP contribution in [-0.2, 0) is 9.53 Å². The minimum atomic E-state index is -0.951. The summed E-state index contributed by atoms with van der Waals surface area (Å²) in [7, 11) is 0. The molecule has 160 valence electrons. The number of aliphatic hydroxyl groups is 3. The summed E-state index contributed by atoms with van der Waals surface area (Å²) in [5.41, 5.74) is 4.16. The second-order valence-corrected chi connectivity index (χ2v) is 10.7. The molecule has 6 heteroatoms. The zero-order valence-corrected chi connectivity index (χ0v) is 17.3. The minimum Gasteiger partial charge on any atom is -0.462 e. The number of hydrogen-bond donors (Lipinski definition) is 4. The highest BCUT2D eigenvalue weighted by Crippen LogP contribution is 2.75. The van der Waals surface area contributed by atoms with Gasteiger partial charge in [-0.25, -0.2) is 0 Å². The molecule has 4 fully saturated rings. The van der Waals surface area contributed by atoms with Crippen molar-refractivity contribution in [2.45, 2.75) is 76.9 Å².